The molecule has 0 bridgehead atoms. The summed E-state index contributed by atoms with van der Waals surface area (Å²) in [5.74, 6) is 1.40. The molecular weight excluding hydrogens is 213 g/mol. The van der Waals surface area contributed by atoms with E-state index >= 15 is 0 Å². The number of hydrogen-bond donors (Lipinski definition) is 1. The molecule has 0 aliphatic heterocycles. The van der Waals surface area contributed by atoms with Crippen molar-refractivity contribution >= 4 is 0 Å². The summed E-state index contributed by atoms with van der Waals surface area (Å²) < 4.78 is 13.2. The Kier molecular flexibility index (Phi) is 4.55. The third kappa shape index (κ3) is 3.53. The lowest BCUT2D eigenvalue weighted by Gasteiger charge is -2.34. The number of nitrogens with one attached hydrogen (secondary N) is 1. The maximum absolute atomic E-state index is 13.2. The normalized spacial score (nSPS) is 17.8. The predicted molar refractivity (Wildman–Crippen MR) is 69.5 cm³/mol. The highest BCUT2D eigenvalue weighted by Gasteiger charge is 2.26. The summed E-state index contributed by atoms with van der Waals surface area (Å²) in [5, 5.41) is 3.44. The van der Waals surface area contributed by atoms with E-state index in [1.54, 1.807) is 6.07 Å². The molecule has 1 fully saturated rings. The third-order valence-corrected chi connectivity index (χ3v) is 3.86. The zero-order chi connectivity index (χ0) is 12.1. The van der Waals surface area contributed by atoms with Gasteiger partial charge >= 0.3 is 0 Å². The molecule has 1 aromatic carbocycles. The van der Waals surface area contributed by atoms with E-state index < -0.39 is 0 Å². The summed E-state index contributed by atoms with van der Waals surface area (Å²) in [6.07, 6.45) is 5.09. The van der Waals surface area contributed by atoms with Gasteiger partial charge in [-0.1, -0.05) is 38.3 Å². The minimum atomic E-state index is -0.113. The van der Waals surface area contributed by atoms with Gasteiger partial charge in [0.05, 0.1) is 0 Å². The molecule has 1 aliphatic carbocycles. The Morgan fingerprint density at radius 2 is 2.24 bits per heavy atom. The largest absolute Gasteiger partial charge is 0.317 e. The Morgan fingerprint density at radius 3 is 2.82 bits per heavy atom. The summed E-state index contributed by atoms with van der Waals surface area (Å²) in [4.78, 5) is 0. The number of benzene rings is 1. The molecule has 0 aromatic heterocycles. The van der Waals surface area contributed by atoms with Crippen LogP contribution in [0.1, 0.15) is 31.7 Å². The first-order valence-corrected chi connectivity index (χ1v) is 6.74. The van der Waals surface area contributed by atoms with Crippen molar-refractivity contribution < 1.29 is 4.39 Å². The summed E-state index contributed by atoms with van der Waals surface area (Å²) in [7, 11) is 0. The summed E-state index contributed by atoms with van der Waals surface area (Å²) >= 11 is 0. The van der Waals surface area contributed by atoms with Crippen molar-refractivity contribution in [2.75, 3.05) is 13.1 Å². The van der Waals surface area contributed by atoms with Gasteiger partial charge < -0.3 is 5.32 Å². The van der Waals surface area contributed by atoms with Gasteiger partial charge in [0.15, 0.2) is 0 Å². The summed E-state index contributed by atoms with van der Waals surface area (Å²) in [5.41, 5.74) is 1.14. The van der Waals surface area contributed by atoms with Gasteiger partial charge in [0.25, 0.3) is 0 Å². The van der Waals surface area contributed by atoms with Crippen LogP contribution < -0.4 is 5.32 Å². The lowest BCUT2D eigenvalue weighted by molar-refractivity contribution is 0.200. The molecule has 1 unspecified atom stereocenters. The summed E-state index contributed by atoms with van der Waals surface area (Å²) in [6, 6.07) is 7.06. The smallest absolute Gasteiger partial charge is 0.123 e. The maximum atomic E-state index is 13.2. The Hall–Kier alpha value is -0.890. The number of rotatable bonds is 6. The highest BCUT2D eigenvalue weighted by atomic mass is 19.1. The van der Waals surface area contributed by atoms with Crippen LogP contribution in [0.5, 0.6) is 0 Å². The van der Waals surface area contributed by atoms with Gasteiger partial charge in [0.1, 0.15) is 5.82 Å². The van der Waals surface area contributed by atoms with Crippen molar-refractivity contribution in [2.24, 2.45) is 11.8 Å². The lowest BCUT2D eigenvalue weighted by Crippen LogP contribution is -2.33. The van der Waals surface area contributed by atoms with Crippen LogP contribution in [-0.2, 0) is 6.42 Å². The summed E-state index contributed by atoms with van der Waals surface area (Å²) in [6.45, 7) is 4.23. The van der Waals surface area contributed by atoms with Crippen LogP contribution in [0.2, 0.25) is 0 Å². The zero-order valence-electron chi connectivity index (χ0n) is 10.6. The van der Waals surface area contributed by atoms with E-state index in [1.807, 2.05) is 12.1 Å². The molecule has 0 spiro atoms. The number of hydrogen-bond acceptors (Lipinski definition) is 1. The molecule has 2 rings (SSSR count). The molecule has 1 N–H and O–H groups in total. The van der Waals surface area contributed by atoms with E-state index in [9.17, 15) is 4.39 Å². The first-order valence-electron chi connectivity index (χ1n) is 6.74. The van der Waals surface area contributed by atoms with Crippen molar-refractivity contribution in [3.05, 3.63) is 35.6 Å². The van der Waals surface area contributed by atoms with Gasteiger partial charge in [-0.3, -0.25) is 0 Å². The second kappa shape index (κ2) is 6.15. The molecule has 0 saturated heterocycles. The van der Waals surface area contributed by atoms with Crippen LogP contribution in [0.15, 0.2) is 24.3 Å². The van der Waals surface area contributed by atoms with Gasteiger partial charge in [0, 0.05) is 0 Å². The van der Waals surface area contributed by atoms with Crippen molar-refractivity contribution in [1.29, 1.82) is 0 Å². The van der Waals surface area contributed by atoms with Crippen LogP contribution in [-0.4, -0.2) is 13.1 Å². The van der Waals surface area contributed by atoms with Crippen molar-refractivity contribution in [3.8, 4) is 0 Å². The van der Waals surface area contributed by atoms with Gasteiger partial charge in [0.2, 0.25) is 0 Å². The Morgan fingerprint density at radius 1 is 1.41 bits per heavy atom. The minimum absolute atomic E-state index is 0.113. The van der Waals surface area contributed by atoms with Gasteiger partial charge in [-0.05, 0) is 49.0 Å². The highest BCUT2D eigenvalue weighted by molar-refractivity contribution is 5.17. The Balaban J connectivity index is 1.95. The van der Waals surface area contributed by atoms with Gasteiger partial charge in [-0.2, -0.15) is 0 Å². The average molecular weight is 235 g/mol. The van der Waals surface area contributed by atoms with E-state index in [0.717, 1.165) is 31.0 Å². The fourth-order valence-corrected chi connectivity index (χ4v) is 2.61. The maximum Gasteiger partial charge on any atom is 0.123 e. The molecule has 17 heavy (non-hydrogen) atoms. The van der Waals surface area contributed by atoms with Crippen LogP contribution >= 0.6 is 0 Å². The highest BCUT2D eigenvalue weighted by Crippen LogP contribution is 2.35. The second-order valence-electron chi connectivity index (χ2n) is 5.09. The quantitative estimate of drug-likeness (QED) is 0.797. The zero-order valence-corrected chi connectivity index (χ0v) is 10.6. The average Bonchev–Trinajstić information content (AvgIpc) is 2.23. The van der Waals surface area contributed by atoms with Gasteiger partial charge in [-0.25, -0.2) is 4.39 Å². The molecule has 2 heteroatoms. The fraction of sp³-hybridized carbons (Fsp3) is 0.600. The van der Waals surface area contributed by atoms with Gasteiger partial charge in [-0.15, -0.1) is 0 Å². The molecule has 0 radical (unpaired) electrons. The molecule has 1 nitrogen and oxygen atoms in total. The molecule has 94 valence electrons. The SMILES string of the molecule is CCNCC(Cc1cccc(F)c1)C1CCC1. The topological polar surface area (TPSA) is 12.0 Å². The molecule has 1 saturated carbocycles. The van der Waals surface area contributed by atoms with E-state index in [1.165, 1.54) is 25.3 Å². The van der Waals surface area contributed by atoms with E-state index in [2.05, 4.69) is 12.2 Å². The van der Waals surface area contributed by atoms with E-state index in [4.69, 9.17) is 0 Å². The first kappa shape index (κ1) is 12.6. The van der Waals surface area contributed by atoms with E-state index in [-0.39, 0.29) is 5.82 Å². The monoisotopic (exact) mass is 235 g/mol. The third-order valence-electron chi connectivity index (χ3n) is 3.86. The van der Waals surface area contributed by atoms with Crippen LogP contribution in [0.3, 0.4) is 0 Å². The van der Waals surface area contributed by atoms with Crippen LogP contribution in [0, 0.1) is 17.7 Å². The molecule has 0 amide bonds. The fourth-order valence-electron chi connectivity index (χ4n) is 2.61. The predicted octanol–water partition coefficient (Wildman–Crippen LogP) is 3.39. The number of halogens is 1. The Bertz CT molecular complexity index is 347. The van der Waals surface area contributed by atoms with Crippen molar-refractivity contribution in [1.82, 2.24) is 5.32 Å². The van der Waals surface area contributed by atoms with Crippen molar-refractivity contribution in [3.63, 3.8) is 0 Å². The standard InChI is InChI=1S/C15H22FN/c1-2-17-11-14(13-6-4-7-13)9-12-5-3-8-15(16)10-12/h3,5,8,10,13-14,17H,2,4,6-7,9,11H2,1H3. The van der Waals surface area contributed by atoms with E-state index in [0.29, 0.717) is 5.92 Å². The molecule has 1 aliphatic rings. The molecule has 1 atom stereocenters. The van der Waals surface area contributed by atoms with Crippen LogP contribution in [0.25, 0.3) is 0 Å². The molecule has 1 aromatic rings. The molecule has 0 heterocycles. The second-order valence-corrected chi connectivity index (χ2v) is 5.09. The van der Waals surface area contributed by atoms with Crippen LogP contribution in [0.4, 0.5) is 4.39 Å². The first-order chi connectivity index (χ1) is 8.29. The minimum Gasteiger partial charge on any atom is -0.317 e. The lowest BCUT2D eigenvalue weighted by atomic mass is 9.73. The Labute approximate surface area is 103 Å². The van der Waals surface area contributed by atoms with Crippen molar-refractivity contribution in [2.45, 2.75) is 32.6 Å². The molecular formula is C15H22FN.